The topological polar surface area (TPSA) is 18.5 Å². The molecule has 1 aromatic carbocycles. The number of nitrogens with zero attached hydrogens (tertiary/aromatic N) is 2. The number of aryl methyl sites for hydroxylation is 2. The molecular weight excluding hydrogens is 258 g/mol. The Morgan fingerprint density at radius 2 is 1.86 bits per heavy atom. The van der Waals surface area contributed by atoms with E-state index in [0.29, 0.717) is 12.1 Å². The lowest BCUT2D eigenvalue weighted by Gasteiger charge is -2.32. The molecule has 118 valence electrons. The highest BCUT2D eigenvalue weighted by Gasteiger charge is 2.22. The standard InChI is InChI=1S/C18H31N3/c1-14-9-15(2)11-17(10-14)18(19-4)13-21-8-6-7-20(5)12-16(21)3/h9-11,16,18-19H,6-8,12-13H2,1-5H3. The van der Waals surface area contributed by atoms with Crippen molar-refractivity contribution in [2.24, 2.45) is 0 Å². The molecule has 2 unspecified atom stereocenters. The Hall–Kier alpha value is -0.900. The van der Waals surface area contributed by atoms with Crippen molar-refractivity contribution in [3.63, 3.8) is 0 Å². The lowest BCUT2D eigenvalue weighted by atomic mass is 10.0. The zero-order valence-corrected chi connectivity index (χ0v) is 14.3. The van der Waals surface area contributed by atoms with Crippen molar-refractivity contribution in [3.05, 3.63) is 34.9 Å². The zero-order valence-electron chi connectivity index (χ0n) is 14.3. The summed E-state index contributed by atoms with van der Waals surface area (Å²) in [6.45, 7) is 11.4. The molecule has 1 aliphatic rings. The van der Waals surface area contributed by atoms with Crippen LogP contribution in [0.25, 0.3) is 0 Å². The van der Waals surface area contributed by atoms with Crippen LogP contribution in [0, 0.1) is 13.8 Å². The molecule has 3 nitrogen and oxygen atoms in total. The maximum absolute atomic E-state index is 3.52. The van der Waals surface area contributed by atoms with Gasteiger partial charge in [0.15, 0.2) is 0 Å². The van der Waals surface area contributed by atoms with E-state index in [1.807, 2.05) is 0 Å². The van der Waals surface area contributed by atoms with Gasteiger partial charge in [-0.3, -0.25) is 4.90 Å². The maximum atomic E-state index is 3.52. The van der Waals surface area contributed by atoms with Gasteiger partial charge in [-0.25, -0.2) is 0 Å². The van der Waals surface area contributed by atoms with Crippen LogP contribution >= 0.6 is 0 Å². The third kappa shape index (κ3) is 4.53. The quantitative estimate of drug-likeness (QED) is 0.919. The van der Waals surface area contributed by atoms with Crippen LogP contribution in [0.3, 0.4) is 0 Å². The van der Waals surface area contributed by atoms with E-state index in [1.165, 1.54) is 42.7 Å². The first kappa shape index (κ1) is 16.5. The number of benzene rings is 1. The zero-order chi connectivity index (χ0) is 15.4. The van der Waals surface area contributed by atoms with Crippen molar-refractivity contribution in [3.8, 4) is 0 Å². The van der Waals surface area contributed by atoms with Crippen molar-refractivity contribution >= 4 is 0 Å². The lowest BCUT2D eigenvalue weighted by molar-refractivity contribution is 0.185. The van der Waals surface area contributed by atoms with E-state index in [2.05, 4.69) is 68.2 Å². The minimum absolute atomic E-state index is 0.412. The van der Waals surface area contributed by atoms with Gasteiger partial charge in [0.25, 0.3) is 0 Å². The van der Waals surface area contributed by atoms with Crippen molar-refractivity contribution in [2.75, 3.05) is 40.3 Å². The molecule has 0 aromatic heterocycles. The van der Waals surface area contributed by atoms with Crippen LogP contribution in [0.1, 0.15) is 36.1 Å². The van der Waals surface area contributed by atoms with Crippen molar-refractivity contribution < 1.29 is 0 Å². The van der Waals surface area contributed by atoms with Gasteiger partial charge in [-0.05, 0) is 59.9 Å². The molecule has 1 aliphatic heterocycles. The average molecular weight is 289 g/mol. The lowest BCUT2D eigenvalue weighted by Crippen LogP contribution is -2.42. The fraction of sp³-hybridized carbons (Fsp3) is 0.667. The van der Waals surface area contributed by atoms with Crippen LogP contribution in [0.2, 0.25) is 0 Å². The summed E-state index contributed by atoms with van der Waals surface area (Å²) >= 11 is 0. The van der Waals surface area contributed by atoms with Gasteiger partial charge in [0.05, 0.1) is 0 Å². The Bertz CT molecular complexity index is 438. The third-order valence-electron chi connectivity index (χ3n) is 4.60. The summed E-state index contributed by atoms with van der Waals surface area (Å²) in [4.78, 5) is 5.10. The Morgan fingerprint density at radius 1 is 1.19 bits per heavy atom. The third-order valence-corrected chi connectivity index (χ3v) is 4.60. The second kappa shape index (κ2) is 7.39. The Kier molecular flexibility index (Phi) is 5.80. The molecule has 0 saturated carbocycles. The summed E-state index contributed by atoms with van der Waals surface area (Å²) in [5.74, 6) is 0. The van der Waals surface area contributed by atoms with E-state index in [0.717, 1.165) is 6.54 Å². The van der Waals surface area contributed by atoms with Gasteiger partial charge in [0.1, 0.15) is 0 Å². The highest BCUT2D eigenvalue weighted by atomic mass is 15.2. The second-order valence-corrected chi connectivity index (χ2v) is 6.72. The molecule has 1 heterocycles. The van der Waals surface area contributed by atoms with Gasteiger partial charge in [0.2, 0.25) is 0 Å². The number of nitrogens with one attached hydrogen (secondary N) is 1. The van der Waals surface area contributed by atoms with Crippen LogP contribution in [0.15, 0.2) is 18.2 Å². The molecule has 1 aromatic rings. The van der Waals surface area contributed by atoms with Gasteiger partial charge >= 0.3 is 0 Å². The van der Waals surface area contributed by atoms with Gasteiger partial charge in [0, 0.05) is 25.2 Å². The van der Waals surface area contributed by atoms with Crippen LogP contribution in [-0.4, -0.2) is 56.1 Å². The number of rotatable bonds is 4. The molecule has 2 rings (SSSR count). The van der Waals surface area contributed by atoms with E-state index in [-0.39, 0.29) is 0 Å². The molecule has 0 spiro atoms. The van der Waals surface area contributed by atoms with Crippen LogP contribution < -0.4 is 5.32 Å². The molecule has 0 bridgehead atoms. The monoisotopic (exact) mass is 289 g/mol. The van der Waals surface area contributed by atoms with E-state index < -0.39 is 0 Å². The van der Waals surface area contributed by atoms with E-state index in [4.69, 9.17) is 0 Å². The maximum Gasteiger partial charge on any atom is 0.0447 e. The second-order valence-electron chi connectivity index (χ2n) is 6.72. The van der Waals surface area contributed by atoms with Gasteiger partial charge in [-0.2, -0.15) is 0 Å². The van der Waals surface area contributed by atoms with Crippen molar-refractivity contribution in [1.82, 2.24) is 15.1 Å². The number of likely N-dealkylation sites (N-methyl/N-ethyl adjacent to an activating group) is 2. The normalized spacial score (nSPS) is 23.0. The molecule has 0 amide bonds. The fourth-order valence-electron chi connectivity index (χ4n) is 3.50. The summed E-state index contributed by atoms with van der Waals surface area (Å²) in [5.41, 5.74) is 4.13. The van der Waals surface area contributed by atoms with Crippen LogP contribution in [-0.2, 0) is 0 Å². The smallest absolute Gasteiger partial charge is 0.0447 e. The van der Waals surface area contributed by atoms with Crippen LogP contribution in [0.5, 0.6) is 0 Å². The highest BCUT2D eigenvalue weighted by Crippen LogP contribution is 2.20. The van der Waals surface area contributed by atoms with Crippen LogP contribution in [0.4, 0.5) is 0 Å². The molecular formula is C18H31N3. The Labute approximate surface area is 130 Å². The summed E-state index contributed by atoms with van der Waals surface area (Å²) in [6.07, 6.45) is 1.27. The molecule has 21 heavy (non-hydrogen) atoms. The molecule has 2 atom stereocenters. The minimum atomic E-state index is 0.412. The van der Waals surface area contributed by atoms with Gasteiger partial charge in [-0.1, -0.05) is 29.3 Å². The van der Waals surface area contributed by atoms with Gasteiger partial charge in [-0.15, -0.1) is 0 Å². The summed E-state index contributed by atoms with van der Waals surface area (Å²) < 4.78 is 0. The predicted molar refractivity (Wildman–Crippen MR) is 90.9 cm³/mol. The summed E-state index contributed by atoms with van der Waals surface area (Å²) in [5, 5.41) is 3.52. The Balaban J connectivity index is 2.10. The molecule has 0 radical (unpaired) electrons. The molecule has 0 aliphatic carbocycles. The molecule has 3 heteroatoms. The van der Waals surface area contributed by atoms with Gasteiger partial charge < -0.3 is 10.2 Å². The minimum Gasteiger partial charge on any atom is -0.312 e. The molecule has 1 N–H and O–H groups in total. The largest absolute Gasteiger partial charge is 0.312 e. The highest BCUT2D eigenvalue weighted by molar-refractivity contribution is 5.30. The van der Waals surface area contributed by atoms with E-state index in [9.17, 15) is 0 Å². The molecule has 1 saturated heterocycles. The van der Waals surface area contributed by atoms with E-state index >= 15 is 0 Å². The summed E-state index contributed by atoms with van der Waals surface area (Å²) in [6, 6.07) is 7.93. The number of hydrogen-bond donors (Lipinski definition) is 1. The van der Waals surface area contributed by atoms with E-state index in [1.54, 1.807) is 0 Å². The fourth-order valence-corrected chi connectivity index (χ4v) is 3.50. The first-order valence-electron chi connectivity index (χ1n) is 8.17. The number of hydrogen-bond acceptors (Lipinski definition) is 3. The van der Waals surface area contributed by atoms with Crippen molar-refractivity contribution in [2.45, 2.75) is 39.3 Å². The summed E-state index contributed by atoms with van der Waals surface area (Å²) in [7, 11) is 4.32. The molecule has 1 fully saturated rings. The SMILES string of the molecule is CNC(CN1CCCN(C)CC1C)c1cc(C)cc(C)c1. The first-order chi connectivity index (χ1) is 9.99. The predicted octanol–water partition coefficient (Wildman–Crippen LogP) is 2.59. The average Bonchev–Trinajstić information content (AvgIpc) is 2.55. The first-order valence-corrected chi connectivity index (χ1v) is 8.17. The van der Waals surface area contributed by atoms with Crippen molar-refractivity contribution in [1.29, 1.82) is 0 Å². The Morgan fingerprint density at radius 3 is 2.48 bits per heavy atom.